The number of carbonyl (C=O) groups is 1. The molecule has 102 valence electrons. The zero-order valence-electron chi connectivity index (χ0n) is 11.2. The Morgan fingerprint density at radius 2 is 1.60 bits per heavy atom. The standard InChI is InChI=1S/C17H16O3/c1-12(16(18)19)17(2,20)15-11-7-6-10-14(15)13-8-4-3-5-9-13/h3-11,20H,1H2,2H3,(H,18,19). The van der Waals surface area contributed by atoms with Crippen LogP contribution >= 0.6 is 0 Å². The molecule has 1 unspecified atom stereocenters. The van der Waals surface area contributed by atoms with Crippen molar-refractivity contribution in [3.05, 3.63) is 72.3 Å². The van der Waals surface area contributed by atoms with Gasteiger partial charge in [0, 0.05) is 0 Å². The second-order valence-corrected chi connectivity index (χ2v) is 4.77. The van der Waals surface area contributed by atoms with E-state index in [0.29, 0.717) is 5.56 Å². The molecule has 0 saturated carbocycles. The lowest BCUT2D eigenvalue weighted by molar-refractivity contribution is -0.135. The predicted octanol–water partition coefficient (Wildman–Crippen LogP) is 3.20. The second-order valence-electron chi connectivity index (χ2n) is 4.77. The lowest BCUT2D eigenvalue weighted by Gasteiger charge is -2.26. The Hall–Kier alpha value is -2.39. The first-order valence-corrected chi connectivity index (χ1v) is 6.24. The van der Waals surface area contributed by atoms with Gasteiger partial charge in [-0.1, -0.05) is 61.2 Å². The van der Waals surface area contributed by atoms with Crippen molar-refractivity contribution >= 4 is 5.97 Å². The molecule has 0 radical (unpaired) electrons. The number of aliphatic carboxylic acids is 1. The second kappa shape index (κ2) is 5.31. The summed E-state index contributed by atoms with van der Waals surface area (Å²) in [7, 11) is 0. The van der Waals surface area contributed by atoms with Crippen LogP contribution < -0.4 is 0 Å². The third kappa shape index (κ3) is 2.49. The third-order valence-electron chi connectivity index (χ3n) is 3.38. The van der Waals surface area contributed by atoms with Crippen molar-refractivity contribution in [2.45, 2.75) is 12.5 Å². The molecule has 2 N–H and O–H groups in total. The van der Waals surface area contributed by atoms with Crippen LogP contribution in [-0.4, -0.2) is 16.2 Å². The van der Waals surface area contributed by atoms with Gasteiger partial charge < -0.3 is 10.2 Å². The van der Waals surface area contributed by atoms with Gasteiger partial charge in [-0.05, 0) is 23.6 Å². The lowest BCUT2D eigenvalue weighted by atomic mass is 9.83. The van der Waals surface area contributed by atoms with E-state index in [2.05, 4.69) is 6.58 Å². The van der Waals surface area contributed by atoms with Crippen LogP contribution in [0.25, 0.3) is 11.1 Å². The molecule has 0 saturated heterocycles. The molecule has 3 nitrogen and oxygen atoms in total. The number of hydrogen-bond donors (Lipinski definition) is 2. The quantitative estimate of drug-likeness (QED) is 0.837. The van der Waals surface area contributed by atoms with Crippen LogP contribution in [0.4, 0.5) is 0 Å². The summed E-state index contributed by atoms with van der Waals surface area (Å²) < 4.78 is 0. The van der Waals surface area contributed by atoms with E-state index < -0.39 is 11.6 Å². The van der Waals surface area contributed by atoms with Gasteiger partial charge in [0.2, 0.25) is 0 Å². The van der Waals surface area contributed by atoms with Crippen LogP contribution in [-0.2, 0) is 10.4 Å². The minimum absolute atomic E-state index is 0.249. The van der Waals surface area contributed by atoms with E-state index in [1.807, 2.05) is 42.5 Å². The minimum atomic E-state index is -1.63. The Morgan fingerprint density at radius 3 is 2.20 bits per heavy atom. The summed E-state index contributed by atoms with van der Waals surface area (Å²) in [6.07, 6.45) is 0. The summed E-state index contributed by atoms with van der Waals surface area (Å²) in [5.41, 5.74) is 0.361. The van der Waals surface area contributed by atoms with E-state index >= 15 is 0 Å². The van der Waals surface area contributed by atoms with Crippen LogP contribution in [0.3, 0.4) is 0 Å². The average Bonchev–Trinajstić information content (AvgIpc) is 2.47. The molecule has 0 bridgehead atoms. The summed E-state index contributed by atoms with van der Waals surface area (Å²) >= 11 is 0. The van der Waals surface area contributed by atoms with Crippen LogP contribution in [0.15, 0.2) is 66.7 Å². The highest BCUT2D eigenvalue weighted by molar-refractivity contribution is 5.89. The number of hydrogen-bond acceptors (Lipinski definition) is 2. The number of benzene rings is 2. The van der Waals surface area contributed by atoms with E-state index in [4.69, 9.17) is 5.11 Å². The Morgan fingerprint density at radius 1 is 1.05 bits per heavy atom. The molecule has 20 heavy (non-hydrogen) atoms. The summed E-state index contributed by atoms with van der Waals surface area (Å²) in [6.45, 7) is 4.94. The molecule has 2 aromatic rings. The molecule has 3 heteroatoms. The lowest BCUT2D eigenvalue weighted by Crippen LogP contribution is -2.28. The maximum atomic E-state index is 11.1. The maximum Gasteiger partial charge on any atom is 0.334 e. The predicted molar refractivity (Wildman–Crippen MR) is 78.2 cm³/mol. The molecule has 0 aliphatic rings. The van der Waals surface area contributed by atoms with E-state index in [0.717, 1.165) is 11.1 Å². The summed E-state index contributed by atoms with van der Waals surface area (Å²) in [5, 5.41) is 19.7. The first-order chi connectivity index (χ1) is 9.44. The largest absolute Gasteiger partial charge is 0.478 e. The van der Waals surface area contributed by atoms with Crippen molar-refractivity contribution in [3.63, 3.8) is 0 Å². The van der Waals surface area contributed by atoms with Crippen LogP contribution in [0.2, 0.25) is 0 Å². The first kappa shape index (κ1) is 14.0. The van der Waals surface area contributed by atoms with E-state index in [9.17, 15) is 9.90 Å². The van der Waals surface area contributed by atoms with Crippen LogP contribution in [0.5, 0.6) is 0 Å². The molecule has 2 aromatic carbocycles. The number of aliphatic hydroxyl groups is 1. The molecule has 0 fully saturated rings. The van der Waals surface area contributed by atoms with Gasteiger partial charge >= 0.3 is 5.97 Å². The Bertz CT molecular complexity index is 642. The minimum Gasteiger partial charge on any atom is -0.478 e. The van der Waals surface area contributed by atoms with Crippen molar-refractivity contribution in [1.82, 2.24) is 0 Å². The van der Waals surface area contributed by atoms with Crippen molar-refractivity contribution in [3.8, 4) is 11.1 Å². The van der Waals surface area contributed by atoms with Crippen LogP contribution in [0, 0.1) is 0 Å². The van der Waals surface area contributed by atoms with Gasteiger partial charge in [0.25, 0.3) is 0 Å². The molecule has 0 aromatic heterocycles. The zero-order valence-corrected chi connectivity index (χ0v) is 11.2. The molecular formula is C17H16O3. The van der Waals surface area contributed by atoms with E-state index in [1.54, 1.807) is 12.1 Å². The van der Waals surface area contributed by atoms with Gasteiger partial charge in [0.05, 0.1) is 5.57 Å². The monoisotopic (exact) mass is 268 g/mol. The molecular weight excluding hydrogens is 252 g/mol. The Labute approximate surface area is 117 Å². The average molecular weight is 268 g/mol. The molecule has 0 heterocycles. The molecule has 0 aliphatic carbocycles. The Balaban J connectivity index is 2.59. The molecule has 0 aliphatic heterocycles. The fraction of sp³-hybridized carbons (Fsp3) is 0.118. The van der Waals surface area contributed by atoms with Gasteiger partial charge in [-0.15, -0.1) is 0 Å². The van der Waals surface area contributed by atoms with Gasteiger partial charge in [-0.2, -0.15) is 0 Å². The number of carboxylic acid groups (broad SMARTS) is 1. The molecule has 1 atom stereocenters. The molecule has 2 rings (SSSR count). The van der Waals surface area contributed by atoms with E-state index in [1.165, 1.54) is 6.92 Å². The van der Waals surface area contributed by atoms with Crippen molar-refractivity contribution in [2.24, 2.45) is 0 Å². The SMILES string of the molecule is C=C(C(=O)O)C(C)(O)c1ccccc1-c1ccccc1. The highest BCUT2D eigenvalue weighted by atomic mass is 16.4. The van der Waals surface area contributed by atoms with Crippen molar-refractivity contribution in [2.75, 3.05) is 0 Å². The van der Waals surface area contributed by atoms with Gasteiger partial charge in [-0.3, -0.25) is 0 Å². The fourth-order valence-electron chi connectivity index (χ4n) is 2.15. The van der Waals surface area contributed by atoms with Crippen molar-refractivity contribution in [1.29, 1.82) is 0 Å². The van der Waals surface area contributed by atoms with Crippen molar-refractivity contribution < 1.29 is 15.0 Å². The van der Waals surface area contributed by atoms with Gasteiger partial charge in [0.1, 0.15) is 5.60 Å². The normalized spacial score (nSPS) is 13.5. The van der Waals surface area contributed by atoms with Crippen LogP contribution in [0.1, 0.15) is 12.5 Å². The summed E-state index contributed by atoms with van der Waals surface area (Å²) in [6, 6.07) is 16.7. The summed E-state index contributed by atoms with van der Waals surface area (Å²) in [5.74, 6) is -1.21. The topological polar surface area (TPSA) is 57.5 Å². The number of rotatable bonds is 4. The highest BCUT2D eigenvalue weighted by Gasteiger charge is 2.33. The van der Waals surface area contributed by atoms with E-state index in [-0.39, 0.29) is 5.57 Å². The van der Waals surface area contributed by atoms with Gasteiger partial charge in [-0.25, -0.2) is 4.79 Å². The smallest absolute Gasteiger partial charge is 0.334 e. The summed E-state index contributed by atoms with van der Waals surface area (Å²) in [4.78, 5) is 11.1. The highest BCUT2D eigenvalue weighted by Crippen LogP contribution is 2.35. The fourth-order valence-corrected chi connectivity index (χ4v) is 2.15. The number of carboxylic acids is 1. The zero-order chi connectivity index (χ0) is 14.8. The molecule has 0 spiro atoms. The maximum absolute atomic E-state index is 11.1. The first-order valence-electron chi connectivity index (χ1n) is 6.24. The third-order valence-corrected chi connectivity index (χ3v) is 3.38. The molecule has 0 amide bonds. The Kier molecular flexibility index (Phi) is 3.72. The van der Waals surface area contributed by atoms with Gasteiger partial charge in [0.15, 0.2) is 0 Å².